The smallest absolute Gasteiger partial charge is 0.261 e. The molecule has 0 saturated heterocycles. The molecule has 35 heavy (non-hydrogen) atoms. The number of carbonyl (C=O) groups excluding carboxylic acids is 2. The van der Waals surface area contributed by atoms with E-state index in [-0.39, 0.29) is 25.0 Å². The lowest BCUT2D eigenvalue weighted by Gasteiger charge is -2.31. The van der Waals surface area contributed by atoms with E-state index in [2.05, 4.69) is 11.4 Å². The van der Waals surface area contributed by atoms with Crippen LogP contribution in [0, 0.1) is 13.8 Å². The van der Waals surface area contributed by atoms with Gasteiger partial charge >= 0.3 is 0 Å². The number of ether oxygens (including phenoxy) is 1. The molecule has 3 aromatic rings. The van der Waals surface area contributed by atoms with E-state index in [1.54, 1.807) is 17.0 Å². The van der Waals surface area contributed by atoms with Gasteiger partial charge in [0.25, 0.3) is 5.91 Å². The number of nitrogens with zero attached hydrogens (tertiary/aromatic N) is 1. The zero-order valence-corrected chi connectivity index (χ0v) is 21.3. The molecule has 0 aliphatic heterocycles. The largest absolute Gasteiger partial charge is 0.484 e. The lowest BCUT2D eigenvalue weighted by Crippen LogP contribution is -2.51. The second-order valence-electron chi connectivity index (χ2n) is 8.76. The number of halogens is 1. The Balaban J connectivity index is 1.89. The zero-order valence-electron chi connectivity index (χ0n) is 20.6. The highest BCUT2D eigenvalue weighted by molar-refractivity contribution is 6.30. The van der Waals surface area contributed by atoms with Crippen LogP contribution in [-0.4, -0.2) is 35.9 Å². The minimum Gasteiger partial charge on any atom is -0.484 e. The molecular formula is C29H33ClN2O3. The van der Waals surface area contributed by atoms with E-state index in [1.807, 2.05) is 75.4 Å². The molecule has 3 rings (SSSR count). The molecule has 0 aromatic heterocycles. The van der Waals surface area contributed by atoms with Crippen LogP contribution in [0.15, 0.2) is 72.8 Å². The van der Waals surface area contributed by atoms with E-state index in [0.29, 0.717) is 23.7 Å². The van der Waals surface area contributed by atoms with Crippen LogP contribution < -0.4 is 10.1 Å². The Bertz CT molecular complexity index is 1100. The van der Waals surface area contributed by atoms with Gasteiger partial charge in [-0.2, -0.15) is 0 Å². The molecule has 0 radical (unpaired) electrons. The number of nitrogens with one attached hydrogen (secondary N) is 1. The molecule has 0 aliphatic carbocycles. The van der Waals surface area contributed by atoms with Crippen molar-refractivity contribution in [1.29, 1.82) is 0 Å². The molecule has 3 aromatic carbocycles. The van der Waals surface area contributed by atoms with Crippen molar-refractivity contribution >= 4 is 23.4 Å². The standard InChI is InChI=1S/C29H33ClN2O3/c1-4-14-31-29(34)27(18-23-8-6-5-7-9-23)32(19-24-10-12-25(30)13-11-24)28(33)20-35-26-16-21(2)15-22(3)17-26/h5-13,15-17,27H,4,14,18-20H2,1-3H3,(H,31,34)/t27-/m1/s1. The first-order valence-electron chi connectivity index (χ1n) is 11.9. The quantitative estimate of drug-likeness (QED) is 0.384. The molecule has 1 N–H and O–H groups in total. The lowest BCUT2D eigenvalue weighted by molar-refractivity contribution is -0.142. The fraction of sp³-hybridized carbons (Fsp3) is 0.310. The average molecular weight is 493 g/mol. The summed E-state index contributed by atoms with van der Waals surface area (Å²) in [6, 6.07) is 22.2. The normalized spacial score (nSPS) is 11.5. The van der Waals surface area contributed by atoms with Crippen LogP contribution in [0.4, 0.5) is 0 Å². The number of benzene rings is 3. The van der Waals surface area contributed by atoms with Crippen LogP contribution >= 0.6 is 11.6 Å². The number of carbonyl (C=O) groups is 2. The Labute approximate surface area is 213 Å². The molecule has 184 valence electrons. The van der Waals surface area contributed by atoms with Gasteiger partial charge in [0.2, 0.25) is 5.91 Å². The van der Waals surface area contributed by atoms with Crippen LogP contribution in [0.3, 0.4) is 0 Å². The first kappa shape index (κ1) is 26.3. The van der Waals surface area contributed by atoms with Gasteiger partial charge < -0.3 is 15.0 Å². The molecule has 2 amide bonds. The summed E-state index contributed by atoms with van der Waals surface area (Å²) in [6.45, 7) is 6.63. The van der Waals surface area contributed by atoms with Gasteiger partial charge in [-0.3, -0.25) is 9.59 Å². The number of amides is 2. The maximum absolute atomic E-state index is 13.6. The van der Waals surface area contributed by atoms with E-state index >= 15 is 0 Å². The third kappa shape index (κ3) is 8.15. The number of hydrogen-bond acceptors (Lipinski definition) is 3. The zero-order chi connectivity index (χ0) is 25.2. The molecular weight excluding hydrogens is 460 g/mol. The van der Waals surface area contributed by atoms with E-state index in [0.717, 1.165) is 28.7 Å². The summed E-state index contributed by atoms with van der Waals surface area (Å²) in [6.07, 6.45) is 1.21. The summed E-state index contributed by atoms with van der Waals surface area (Å²) >= 11 is 6.07. The minimum atomic E-state index is -0.685. The molecule has 0 unspecified atom stereocenters. The third-order valence-corrected chi connectivity index (χ3v) is 5.90. The van der Waals surface area contributed by atoms with E-state index in [1.165, 1.54) is 0 Å². The van der Waals surface area contributed by atoms with Crippen LogP contribution in [-0.2, 0) is 22.6 Å². The average Bonchev–Trinajstić information content (AvgIpc) is 2.84. The summed E-state index contributed by atoms with van der Waals surface area (Å²) in [7, 11) is 0. The van der Waals surface area contributed by atoms with Gasteiger partial charge in [0.1, 0.15) is 11.8 Å². The maximum Gasteiger partial charge on any atom is 0.261 e. The minimum absolute atomic E-state index is 0.164. The Kier molecular flexibility index (Phi) is 9.74. The number of hydrogen-bond donors (Lipinski definition) is 1. The van der Waals surface area contributed by atoms with Crippen LogP contribution in [0.25, 0.3) is 0 Å². The predicted molar refractivity (Wildman–Crippen MR) is 141 cm³/mol. The van der Waals surface area contributed by atoms with Crippen molar-refractivity contribution in [2.45, 2.75) is 46.2 Å². The van der Waals surface area contributed by atoms with Gasteiger partial charge in [0.15, 0.2) is 6.61 Å². The van der Waals surface area contributed by atoms with Crippen molar-refractivity contribution in [3.63, 3.8) is 0 Å². The topological polar surface area (TPSA) is 58.6 Å². The first-order chi connectivity index (χ1) is 16.9. The molecule has 0 spiro atoms. The Hall–Kier alpha value is -3.31. The molecule has 0 bridgehead atoms. The summed E-state index contributed by atoms with van der Waals surface area (Å²) in [5.41, 5.74) is 3.99. The summed E-state index contributed by atoms with van der Waals surface area (Å²) in [4.78, 5) is 28.5. The fourth-order valence-corrected chi connectivity index (χ4v) is 4.08. The van der Waals surface area contributed by atoms with Crippen molar-refractivity contribution in [1.82, 2.24) is 10.2 Å². The van der Waals surface area contributed by atoms with Gasteiger partial charge in [-0.15, -0.1) is 0 Å². The van der Waals surface area contributed by atoms with Gasteiger partial charge in [-0.05, 0) is 66.8 Å². The fourth-order valence-electron chi connectivity index (χ4n) is 3.95. The predicted octanol–water partition coefficient (Wildman–Crippen LogP) is 5.50. The highest BCUT2D eigenvalue weighted by Crippen LogP contribution is 2.19. The first-order valence-corrected chi connectivity index (χ1v) is 12.3. The van der Waals surface area contributed by atoms with Crippen molar-refractivity contribution < 1.29 is 14.3 Å². The summed E-state index contributed by atoms with van der Waals surface area (Å²) in [5, 5.41) is 3.59. The molecule has 0 aliphatic rings. The van der Waals surface area contributed by atoms with Crippen molar-refractivity contribution in [2.75, 3.05) is 13.2 Å². The monoisotopic (exact) mass is 492 g/mol. The SMILES string of the molecule is CCCNC(=O)[C@@H](Cc1ccccc1)N(Cc1ccc(Cl)cc1)C(=O)COc1cc(C)cc(C)c1. The molecule has 6 heteroatoms. The van der Waals surface area contributed by atoms with Gasteiger partial charge in [0, 0.05) is 24.5 Å². The van der Waals surface area contributed by atoms with Crippen molar-refractivity contribution in [3.05, 3.63) is 100 Å². The van der Waals surface area contributed by atoms with Crippen LogP contribution in [0.1, 0.15) is 35.6 Å². The molecule has 0 heterocycles. The number of aryl methyl sites for hydroxylation is 2. The van der Waals surface area contributed by atoms with E-state index in [9.17, 15) is 9.59 Å². The molecule has 5 nitrogen and oxygen atoms in total. The highest BCUT2D eigenvalue weighted by atomic mass is 35.5. The molecule has 1 atom stereocenters. The number of rotatable bonds is 11. The second-order valence-corrected chi connectivity index (χ2v) is 9.19. The Morgan fingerprint density at radius 3 is 2.23 bits per heavy atom. The maximum atomic E-state index is 13.6. The second kappa shape index (κ2) is 13.0. The van der Waals surface area contributed by atoms with Gasteiger partial charge in [0.05, 0.1) is 0 Å². The third-order valence-electron chi connectivity index (χ3n) is 5.64. The van der Waals surface area contributed by atoms with E-state index in [4.69, 9.17) is 16.3 Å². The summed E-state index contributed by atoms with van der Waals surface area (Å²) in [5.74, 6) is 0.202. The van der Waals surface area contributed by atoms with Crippen LogP contribution in [0.5, 0.6) is 5.75 Å². The van der Waals surface area contributed by atoms with Crippen molar-refractivity contribution in [3.8, 4) is 5.75 Å². The highest BCUT2D eigenvalue weighted by Gasteiger charge is 2.30. The Morgan fingerprint density at radius 1 is 0.943 bits per heavy atom. The molecule has 0 saturated carbocycles. The summed E-state index contributed by atoms with van der Waals surface area (Å²) < 4.78 is 5.88. The van der Waals surface area contributed by atoms with Crippen LogP contribution in [0.2, 0.25) is 5.02 Å². The Morgan fingerprint density at radius 2 is 1.60 bits per heavy atom. The van der Waals surface area contributed by atoms with Gasteiger partial charge in [-0.1, -0.05) is 67.1 Å². The molecule has 0 fully saturated rings. The van der Waals surface area contributed by atoms with Gasteiger partial charge in [-0.25, -0.2) is 0 Å². The van der Waals surface area contributed by atoms with Crippen molar-refractivity contribution in [2.24, 2.45) is 0 Å². The van der Waals surface area contributed by atoms with E-state index < -0.39 is 6.04 Å². The lowest BCUT2D eigenvalue weighted by atomic mass is 10.0.